The van der Waals surface area contributed by atoms with Gasteiger partial charge in [-0.25, -0.2) is 0 Å². The van der Waals surface area contributed by atoms with Crippen LogP contribution in [0.2, 0.25) is 0 Å². The Morgan fingerprint density at radius 2 is 1.44 bits per heavy atom. The summed E-state index contributed by atoms with van der Waals surface area (Å²) in [6.07, 6.45) is 1.60. The number of ketones is 1. The number of hydrogen-bond acceptors (Lipinski definition) is 4. The molecule has 0 aliphatic rings. The zero-order valence-corrected chi connectivity index (χ0v) is 15.1. The molecular formula is C23H20N2O2. The summed E-state index contributed by atoms with van der Waals surface area (Å²) in [6.45, 7) is 2.49. The second kappa shape index (κ2) is 9.25. The number of nitrogens with zero attached hydrogens (tertiary/aromatic N) is 2. The Balaban J connectivity index is 1.95. The Morgan fingerprint density at radius 3 is 2.11 bits per heavy atom. The fourth-order valence-corrected chi connectivity index (χ4v) is 2.58. The van der Waals surface area contributed by atoms with E-state index in [1.807, 2.05) is 79.7 Å². The van der Waals surface area contributed by atoms with Gasteiger partial charge in [0, 0.05) is 16.7 Å². The Morgan fingerprint density at radius 1 is 0.852 bits per heavy atom. The molecule has 0 N–H and O–H groups in total. The van der Waals surface area contributed by atoms with E-state index in [1.54, 1.807) is 18.3 Å². The van der Waals surface area contributed by atoms with Gasteiger partial charge in [-0.15, -0.1) is 5.10 Å². The number of Topliss-reactive ketones (excluding diaryl/α,β-unsaturated/α-hetero) is 1. The van der Waals surface area contributed by atoms with Gasteiger partial charge in [0.25, 0.3) is 0 Å². The number of rotatable bonds is 7. The molecule has 0 spiro atoms. The van der Waals surface area contributed by atoms with Crippen molar-refractivity contribution >= 4 is 17.7 Å². The molecule has 4 heteroatoms. The summed E-state index contributed by atoms with van der Waals surface area (Å²) in [5.41, 5.74) is 2.40. The Labute approximate surface area is 158 Å². The van der Waals surface area contributed by atoms with Crippen molar-refractivity contribution in [2.24, 2.45) is 10.2 Å². The maximum atomic E-state index is 12.9. The van der Waals surface area contributed by atoms with Crippen LogP contribution in [0.25, 0.3) is 0 Å². The number of hydrogen-bond donors (Lipinski definition) is 0. The third-order valence-electron chi connectivity index (χ3n) is 3.87. The van der Waals surface area contributed by atoms with E-state index in [4.69, 9.17) is 4.74 Å². The van der Waals surface area contributed by atoms with Crippen LogP contribution in [0.15, 0.2) is 95.1 Å². The second-order valence-electron chi connectivity index (χ2n) is 5.73. The maximum Gasteiger partial charge on any atom is 0.213 e. The first-order valence-corrected chi connectivity index (χ1v) is 8.77. The third-order valence-corrected chi connectivity index (χ3v) is 3.87. The van der Waals surface area contributed by atoms with Crippen LogP contribution in [-0.2, 0) is 0 Å². The quantitative estimate of drug-likeness (QED) is 0.347. The molecule has 0 radical (unpaired) electrons. The van der Waals surface area contributed by atoms with Gasteiger partial charge in [-0.1, -0.05) is 72.8 Å². The van der Waals surface area contributed by atoms with Crippen LogP contribution in [0.4, 0.5) is 0 Å². The normalized spacial score (nSPS) is 11.5. The van der Waals surface area contributed by atoms with Gasteiger partial charge in [0.05, 0.1) is 12.8 Å². The van der Waals surface area contributed by atoms with Crippen LogP contribution in [0.1, 0.15) is 28.4 Å². The van der Waals surface area contributed by atoms with Crippen molar-refractivity contribution in [3.05, 3.63) is 102 Å². The lowest BCUT2D eigenvalue weighted by molar-refractivity contribution is 0.106. The summed E-state index contributed by atoms with van der Waals surface area (Å²) >= 11 is 0. The molecule has 4 nitrogen and oxygen atoms in total. The zero-order chi connectivity index (χ0) is 18.9. The summed E-state index contributed by atoms with van der Waals surface area (Å²) in [7, 11) is 0. The first-order chi connectivity index (χ1) is 13.3. The molecule has 134 valence electrons. The largest absolute Gasteiger partial charge is 0.493 e. The minimum absolute atomic E-state index is 0.169. The highest BCUT2D eigenvalue weighted by atomic mass is 16.5. The molecule has 0 aliphatic heterocycles. The summed E-state index contributed by atoms with van der Waals surface area (Å²) in [4.78, 5) is 12.9. The van der Waals surface area contributed by atoms with Crippen LogP contribution >= 0.6 is 0 Å². The monoisotopic (exact) mass is 356 g/mol. The van der Waals surface area contributed by atoms with Gasteiger partial charge in [-0.2, -0.15) is 5.10 Å². The van der Waals surface area contributed by atoms with Gasteiger partial charge in [0.1, 0.15) is 11.5 Å². The predicted molar refractivity (Wildman–Crippen MR) is 109 cm³/mol. The number of carbonyl (C=O) groups is 1. The average Bonchev–Trinajstić information content (AvgIpc) is 2.73. The van der Waals surface area contributed by atoms with E-state index in [1.165, 1.54) is 0 Å². The summed E-state index contributed by atoms with van der Waals surface area (Å²) in [5.74, 6) is 0.562. The van der Waals surface area contributed by atoms with Crippen molar-refractivity contribution < 1.29 is 9.53 Å². The first kappa shape index (κ1) is 18.3. The van der Waals surface area contributed by atoms with Gasteiger partial charge in [0.2, 0.25) is 5.78 Å². The number of benzene rings is 3. The minimum atomic E-state index is -0.169. The Hall–Kier alpha value is -3.53. The SMILES string of the molecule is CCOc1ccccc1/C=N\N=C(/C(=O)c1ccccc1)c1ccccc1. The lowest BCUT2D eigenvalue weighted by atomic mass is 10.0. The molecule has 0 aliphatic carbocycles. The van der Waals surface area contributed by atoms with E-state index >= 15 is 0 Å². The van der Waals surface area contributed by atoms with Crippen molar-refractivity contribution in [3.63, 3.8) is 0 Å². The maximum absolute atomic E-state index is 12.9. The fraction of sp³-hybridized carbons (Fsp3) is 0.0870. The number of ether oxygens (including phenoxy) is 1. The highest BCUT2D eigenvalue weighted by molar-refractivity contribution is 6.51. The second-order valence-corrected chi connectivity index (χ2v) is 5.73. The molecule has 0 bridgehead atoms. The third kappa shape index (κ3) is 4.76. The van der Waals surface area contributed by atoms with Crippen LogP contribution < -0.4 is 4.74 Å². The molecule has 27 heavy (non-hydrogen) atoms. The molecular weight excluding hydrogens is 336 g/mol. The smallest absolute Gasteiger partial charge is 0.213 e. The van der Waals surface area contributed by atoms with E-state index < -0.39 is 0 Å². The van der Waals surface area contributed by atoms with Crippen LogP contribution in [0, 0.1) is 0 Å². The molecule has 3 aromatic rings. The lowest BCUT2D eigenvalue weighted by Crippen LogP contribution is -2.15. The topological polar surface area (TPSA) is 51.0 Å². The van der Waals surface area contributed by atoms with Crippen molar-refractivity contribution in [1.82, 2.24) is 0 Å². The van der Waals surface area contributed by atoms with Crippen molar-refractivity contribution in [1.29, 1.82) is 0 Å². The predicted octanol–water partition coefficient (Wildman–Crippen LogP) is 4.79. The van der Waals surface area contributed by atoms with Crippen molar-refractivity contribution in [3.8, 4) is 5.75 Å². The van der Waals surface area contributed by atoms with E-state index in [2.05, 4.69) is 10.2 Å². The zero-order valence-electron chi connectivity index (χ0n) is 15.1. The molecule has 0 saturated carbocycles. The first-order valence-electron chi connectivity index (χ1n) is 8.77. The van der Waals surface area contributed by atoms with E-state index in [-0.39, 0.29) is 5.78 Å². The van der Waals surface area contributed by atoms with Gasteiger partial charge in [-0.05, 0) is 19.1 Å². The lowest BCUT2D eigenvalue weighted by Gasteiger charge is -2.06. The van der Waals surface area contributed by atoms with E-state index in [0.717, 1.165) is 16.9 Å². The Bertz CT molecular complexity index is 948. The van der Waals surface area contributed by atoms with Gasteiger partial charge >= 0.3 is 0 Å². The van der Waals surface area contributed by atoms with Crippen LogP contribution in [0.5, 0.6) is 5.75 Å². The minimum Gasteiger partial charge on any atom is -0.493 e. The summed E-state index contributed by atoms with van der Waals surface area (Å²) in [5, 5.41) is 8.42. The molecule has 0 aromatic heterocycles. The number of para-hydroxylation sites is 1. The van der Waals surface area contributed by atoms with Gasteiger partial charge < -0.3 is 4.74 Å². The molecule has 0 saturated heterocycles. The van der Waals surface area contributed by atoms with Crippen molar-refractivity contribution in [2.45, 2.75) is 6.92 Å². The number of carbonyl (C=O) groups excluding carboxylic acids is 1. The van der Waals surface area contributed by atoms with E-state index in [0.29, 0.717) is 17.9 Å². The van der Waals surface area contributed by atoms with Gasteiger partial charge in [0.15, 0.2) is 0 Å². The van der Waals surface area contributed by atoms with Crippen LogP contribution in [0.3, 0.4) is 0 Å². The molecule has 0 heterocycles. The standard InChI is InChI=1S/C23H20N2O2/c1-2-27-21-16-10-9-15-20(21)17-24-25-22(18-11-5-3-6-12-18)23(26)19-13-7-4-8-14-19/h3-17H,2H2,1H3/b24-17-,25-22-. The molecule has 0 amide bonds. The average molecular weight is 356 g/mol. The van der Waals surface area contributed by atoms with Crippen LogP contribution in [-0.4, -0.2) is 24.3 Å². The fourth-order valence-electron chi connectivity index (χ4n) is 2.58. The molecule has 0 atom stereocenters. The molecule has 3 aromatic carbocycles. The Kier molecular flexibility index (Phi) is 6.26. The van der Waals surface area contributed by atoms with E-state index in [9.17, 15) is 4.79 Å². The molecule has 0 fully saturated rings. The molecule has 0 unspecified atom stereocenters. The van der Waals surface area contributed by atoms with Crippen molar-refractivity contribution in [2.75, 3.05) is 6.61 Å². The summed E-state index contributed by atoms with van der Waals surface area (Å²) < 4.78 is 5.59. The highest BCUT2D eigenvalue weighted by Gasteiger charge is 2.16. The molecule has 3 rings (SSSR count). The highest BCUT2D eigenvalue weighted by Crippen LogP contribution is 2.16. The summed E-state index contributed by atoms with van der Waals surface area (Å²) in [6, 6.07) is 26.0. The van der Waals surface area contributed by atoms with Gasteiger partial charge in [-0.3, -0.25) is 4.79 Å².